The van der Waals surface area contributed by atoms with Crippen molar-refractivity contribution in [1.29, 1.82) is 0 Å². The van der Waals surface area contributed by atoms with Gasteiger partial charge >= 0.3 is 0 Å². The van der Waals surface area contributed by atoms with Crippen molar-refractivity contribution in [3.8, 4) is 5.75 Å². The van der Waals surface area contributed by atoms with Crippen molar-refractivity contribution >= 4 is 17.9 Å². The predicted molar refractivity (Wildman–Crippen MR) is 178 cm³/mol. The lowest BCUT2D eigenvalue weighted by Gasteiger charge is -2.36. The minimum atomic E-state index is -0.274. The van der Waals surface area contributed by atoms with Crippen LogP contribution in [0.1, 0.15) is 87.5 Å². The summed E-state index contributed by atoms with van der Waals surface area (Å²) in [6.07, 6.45) is 9.43. The molecule has 1 N–H and O–H groups in total. The highest BCUT2D eigenvalue weighted by atomic mass is 16.5. The molecular weight excluding hydrogens is 560 g/mol. The Bertz CT molecular complexity index is 1450. The topological polar surface area (TPSA) is 70.1 Å². The first-order valence-electron chi connectivity index (χ1n) is 17.2. The summed E-state index contributed by atoms with van der Waals surface area (Å²) >= 11 is 0. The molecule has 3 heterocycles. The fourth-order valence-electron chi connectivity index (χ4n) is 8.55. The van der Waals surface area contributed by atoms with Crippen LogP contribution in [0.15, 0.2) is 59.2 Å². The zero-order chi connectivity index (χ0) is 31.7. The van der Waals surface area contributed by atoms with Crippen molar-refractivity contribution in [2.45, 2.75) is 97.8 Å². The van der Waals surface area contributed by atoms with Gasteiger partial charge in [-0.1, -0.05) is 67.8 Å². The molecule has 0 bridgehead atoms. The van der Waals surface area contributed by atoms with Gasteiger partial charge in [0, 0.05) is 31.6 Å². The second kappa shape index (κ2) is 13.6. The summed E-state index contributed by atoms with van der Waals surface area (Å²) in [7, 11) is 0. The van der Waals surface area contributed by atoms with Crippen molar-refractivity contribution in [2.75, 3.05) is 19.7 Å². The first-order valence-corrected chi connectivity index (χ1v) is 17.2. The van der Waals surface area contributed by atoms with Gasteiger partial charge in [-0.2, -0.15) is 0 Å². The van der Waals surface area contributed by atoms with Gasteiger partial charge in [0.2, 0.25) is 11.8 Å². The number of carbonyl (C=O) groups is 2. The molecular formula is C39H50N2O4. The molecule has 2 amide bonds. The summed E-state index contributed by atoms with van der Waals surface area (Å²) in [6.45, 7) is 11.6. The number of imide groups is 1. The molecule has 2 aromatic rings. The van der Waals surface area contributed by atoms with Crippen molar-refractivity contribution in [3.63, 3.8) is 0 Å². The number of nitrogens with zero attached hydrogens (tertiary/aromatic N) is 2. The zero-order valence-corrected chi connectivity index (χ0v) is 27.6. The quantitative estimate of drug-likeness (QED) is 0.225. The first kappa shape index (κ1) is 31.7. The van der Waals surface area contributed by atoms with E-state index in [4.69, 9.17) is 4.74 Å². The van der Waals surface area contributed by atoms with Gasteiger partial charge in [0.05, 0.1) is 24.5 Å². The number of rotatable bonds is 10. The molecule has 0 spiro atoms. The highest BCUT2D eigenvalue weighted by Crippen LogP contribution is 2.51. The van der Waals surface area contributed by atoms with E-state index in [0.29, 0.717) is 18.8 Å². The van der Waals surface area contributed by atoms with Gasteiger partial charge in [0.15, 0.2) is 0 Å². The second-order valence-corrected chi connectivity index (χ2v) is 13.8. The lowest BCUT2D eigenvalue weighted by atomic mass is 9.68. The zero-order valence-electron chi connectivity index (χ0n) is 27.6. The van der Waals surface area contributed by atoms with E-state index in [1.165, 1.54) is 22.3 Å². The number of carbonyl (C=O) groups excluding carboxylic acids is 2. The number of hydrogen-bond acceptors (Lipinski definition) is 5. The number of fused-ring (bicyclic) bond motifs is 3. The SMILES string of the molecule is CCCC1=C2[C@@H](CC/C(=C/c3cc(C)c(O)c(C)c3)CC)OC[C@@H]2[C@@H]2C(=O)N(C3CCN(Cc4ccccc4)CC3)C(=O)[C@@H]2C1. The van der Waals surface area contributed by atoms with Crippen molar-refractivity contribution in [2.24, 2.45) is 17.8 Å². The molecule has 6 nitrogen and oxygen atoms in total. The van der Waals surface area contributed by atoms with Crippen LogP contribution in [-0.4, -0.2) is 58.6 Å². The molecule has 4 atom stereocenters. The van der Waals surface area contributed by atoms with Crippen LogP contribution >= 0.6 is 0 Å². The van der Waals surface area contributed by atoms with Crippen LogP contribution in [0.4, 0.5) is 0 Å². The Morgan fingerprint density at radius 1 is 1.00 bits per heavy atom. The van der Waals surface area contributed by atoms with Gasteiger partial charge in [0.25, 0.3) is 0 Å². The van der Waals surface area contributed by atoms with Crippen molar-refractivity contribution < 1.29 is 19.4 Å². The number of benzene rings is 2. The maximum Gasteiger partial charge on any atom is 0.234 e. The largest absolute Gasteiger partial charge is 0.507 e. The molecule has 3 fully saturated rings. The molecule has 0 radical (unpaired) electrons. The van der Waals surface area contributed by atoms with Gasteiger partial charge < -0.3 is 9.84 Å². The van der Waals surface area contributed by atoms with Gasteiger partial charge in [-0.3, -0.25) is 19.4 Å². The molecule has 240 valence electrons. The maximum atomic E-state index is 14.1. The van der Waals surface area contributed by atoms with Gasteiger partial charge in [-0.05, 0) is 98.8 Å². The Hall–Kier alpha value is -3.22. The second-order valence-electron chi connectivity index (χ2n) is 13.8. The van der Waals surface area contributed by atoms with Crippen LogP contribution in [0.3, 0.4) is 0 Å². The van der Waals surface area contributed by atoms with Gasteiger partial charge in [-0.25, -0.2) is 0 Å². The predicted octanol–water partition coefficient (Wildman–Crippen LogP) is 7.36. The Morgan fingerprint density at radius 3 is 2.38 bits per heavy atom. The third-order valence-corrected chi connectivity index (χ3v) is 10.8. The fraction of sp³-hybridized carbons (Fsp3) is 0.538. The van der Waals surface area contributed by atoms with Crippen LogP contribution in [0, 0.1) is 31.6 Å². The summed E-state index contributed by atoms with van der Waals surface area (Å²) in [5, 5.41) is 10.2. The van der Waals surface area contributed by atoms with Crippen LogP contribution in [0.2, 0.25) is 0 Å². The average molecular weight is 611 g/mol. The molecule has 3 saturated heterocycles. The number of phenols is 1. The van der Waals surface area contributed by atoms with Crippen LogP contribution < -0.4 is 0 Å². The summed E-state index contributed by atoms with van der Waals surface area (Å²) < 4.78 is 6.51. The van der Waals surface area contributed by atoms with Gasteiger partial charge in [0.1, 0.15) is 5.75 Å². The molecule has 3 aliphatic heterocycles. The highest BCUT2D eigenvalue weighted by molar-refractivity contribution is 6.06. The van der Waals surface area contributed by atoms with E-state index in [1.807, 2.05) is 32.0 Å². The highest BCUT2D eigenvalue weighted by Gasteiger charge is 2.58. The summed E-state index contributed by atoms with van der Waals surface area (Å²) in [5.74, 6) is 0.00784. The molecule has 45 heavy (non-hydrogen) atoms. The minimum Gasteiger partial charge on any atom is -0.507 e. The number of allylic oxidation sites excluding steroid dienone is 2. The first-order chi connectivity index (χ1) is 21.8. The fourth-order valence-corrected chi connectivity index (χ4v) is 8.55. The number of piperidine rings is 1. The van der Waals surface area contributed by atoms with Gasteiger partial charge in [-0.15, -0.1) is 0 Å². The normalized spacial score (nSPS) is 26.1. The van der Waals surface area contributed by atoms with Crippen molar-refractivity contribution in [1.82, 2.24) is 9.80 Å². The lowest BCUT2D eigenvalue weighted by Crippen LogP contribution is -2.47. The van der Waals surface area contributed by atoms with E-state index in [1.54, 1.807) is 4.90 Å². The number of amides is 2. The Morgan fingerprint density at radius 2 is 1.71 bits per heavy atom. The average Bonchev–Trinajstić information content (AvgIpc) is 3.57. The molecule has 0 aromatic heterocycles. The number of aromatic hydroxyl groups is 1. The van der Waals surface area contributed by atoms with E-state index in [-0.39, 0.29) is 41.7 Å². The van der Waals surface area contributed by atoms with Crippen LogP contribution in [0.5, 0.6) is 5.75 Å². The number of phenolic OH excluding ortho intramolecular Hbond substituents is 1. The molecule has 0 unspecified atom stereocenters. The number of likely N-dealkylation sites (tertiary alicyclic amines) is 2. The van der Waals surface area contributed by atoms with Crippen LogP contribution in [-0.2, 0) is 20.9 Å². The molecule has 0 saturated carbocycles. The molecule has 2 aromatic carbocycles. The third-order valence-electron chi connectivity index (χ3n) is 10.8. The molecule has 6 heteroatoms. The maximum absolute atomic E-state index is 14.1. The summed E-state index contributed by atoms with van der Waals surface area (Å²) in [6, 6.07) is 14.6. The van der Waals surface area contributed by atoms with E-state index in [2.05, 4.69) is 49.1 Å². The van der Waals surface area contributed by atoms with E-state index < -0.39 is 0 Å². The lowest BCUT2D eigenvalue weighted by molar-refractivity contribution is -0.144. The number of ether oxygens (including phenoxy) is 1. The number of aryl methyl sites for hydroxylation is 2. The van der Waals surface area contributed by atoms with E-state index in [9.17, 15) is 14.7 Å². The molecule has 1 aliphatic carbocycles. The minimum absolute atomic E-state index is 0.00300. The smallest absolute Gasteiger partial charge is 0.234 e. The Labute approximate surface area is 269 Å². The summed E-state index contributed by atoms with van der Waals surface area (Å²) in [4.78, 5) is 32.2. The molecule has 4 aliphatic rings. The monoisotopic (exact) mass is 610 g/mol. The standard InChI is InChI=1S/C39H50N2O4/c1-5-10-30-22-32-36(39(44)41(38(32)43)31-15-17-40(18-16-31)23-28-11-8-7-9-12-28)33-24-45-34(35(30)33)14-13-27(6-2)21-29-19-25(3)37(42)26(4)20-29/h7-9,11-12,19-21,31-34,36,42H,5-6,10,13-18,22-24H2,1-4H3/b27-21+/t32-,33+,34-,36-/m1/s1. The van der Waals surface area contributed by atoms with E-state index in [0.717, 1.165) is 81.3 Å². The Kier molecular flexibility index (Phi) is 9.62. The summed E-state index contributed by atoms with van der Waals surface area (Å²) in [5.41, 5.74) is 8.29. The molecule has 6 rings (SSSR count). The Balaban J connectivity index is 1.14. The number of hydrogen-bond donors (Lipinski definition) is 1. The van der Waals surface area contributed by atoms with Crippen LogP contribution in [0.25, 0.3) is 6.08 Å². The van der Waals surface area contributed by atoms with E-state index >= 15 is 0 Å². The third kappa shape index (κ3) is 6.41. The van der Waals surface area contributed by atoms with Crippen molar-refractivity contribution in [3.05, 3.63) is 81.4 Å².